The zero-order chi connectivity index (χ0) is 8.48. The van der Waals surface area contributed by atoms with Gasteiger partial charge in [-0.05, 0) is 0 Å². The molecule has 0 aromatic carbocycles. The van der Waals surface area contributed by atoms with Gasteiger partial charge in [0.15, 0.2) is 0 Å². The molecule has 0 aliphatic heterocycles. The summed E-state index contributed by atoms with van der Waals surface area (Å²) in [6.45, 7) is -0.193. The molecule has 1 aliphatic rings. The van der Waals surface area contributed by atoms with Crippen LogP contribution < -0.4 is 3.53 Å². The number of halogens is 3. The van der Waals surface area contributed by atoms with Gasteiger partial charge < -0.3 is 4.74 Å². The summed E-state index contributed by atoms with van der Waals surface area (Å²) in [7, 11) is 0. The normalized spacial score (nSPS) is 25.9. The van der Waals surface area contributed by atoms with Crippen LogP contribution in [0.25, 0.3) is 0 Å². The van der Waals surface area contributed by atoms with Crippen LogP contribution in [0.4, 0.5) is 13.6 Å². The van der Waals surface area contributed by atoms with E-state index >= 15 is 0 Å². The summed E-state index contributed by atoms with van der Waals surface area (Å²) in [6.07, 6.45) is -0.838. The molecule has 1 unspecified atom stereocenters. The van der Waals surface area contributed by atoms with Crippen molar-refractivity contribution >= 4 is 29.0 Å². The van der Waals surface area contributed by atoms with Crippen LogP contribution in [0.15, 0.2) is 0 Å². The van der Waals surface area contributed by atoms with Crippen LogP contribution in [0.3, 0.4) is 0 Å². The van der Waals surface area contributed by atoms with Crippen molar-refractivity contribution in [1.29, 1.82) is 0 Å². The van der Waals surface area contributed by atoms with Crippen LogP contribution in [-0.2, 0) is 4.74 Å². The molecule has 11 heavy (non-hydrogen) atoms. The average molecular weight is 277 g/mol. The van der Waals surface area contributed by atoms with Crippen molar-refractivity contribution in [2.24, 2.45) is 5.92 Å². The van der Waals surface area contributed by atoms with E-state index in [9.17, 15) is 13.6 Å². The Kier molecular flexibility index (Phi) is 2.50. The molecule has 1 fully saturated rings. The maximum Gasteiger partial charge on any atom is 0.415 e. The molecule has 1 aliphatic carbocycles. The highest BCUT2D eigenvalue weighted by atomic mass is 127. The highest BCUT2D eigenvalue weighted by molar-refractivity contribution is 14.1. The molecule has 6 heteroatoms. The van der Waals surface area contributed by atoms with E-state index in [-0.39, 0.29) is 13.0 Å². The summed E-state index contributed by atoms with van der Waals surface area (Å²) >= 11 is 1.58. The molecule has 1 atom stereocenters. The molecule has 1 amide bonds. The molecular formula is C5H6F2INO2. The summed E-state index contributed by atoms with van der Waals surface area (Å²) in [5, 5.41) is 0. The number of alkyl halides is 2. The molecule has 64 valence electrons. The SMILES string of the molecule is O=C(NI)OCC1CC1(F)F. The van der Waals surface area contributed by atoms with Crippen molar-refractivity contribution in [2.45, 2.75) is 12.3 Å². The number of ether oxygens (including phenoxy) is 1. The van der Waals surface area contributed by atoms with E-state index in [1.165, 1.54) is 0 Å². The van der Waals surface area contributed by atoms with Gasteiger partial charge in [-0.3, -0.25) is 3.53 Å². The van der Waals surface area contributed by atoms with Crippen molar-refractivity contribution in [3.05, 3.63) is 0 Å². The predicted octanol–water partition coefficient (Wildman–Crippen LogP) is 1.72. The topological polar surface area (TPSA) is 38.3 Å². The molecule has 1 rings (SSSR count). The third kappa shape index (κ3) is 2.42. The number of amides is 1. The van der Waals surface area contributed by atoms with E-state index in [2.05, 4.69) is 8.27 Å². The lowest BCUT2D eigenvalue weighted by Gasteiger charge is -2.00. The summed E-state index contributed by atoms with van der Waals surface area (Å²) < 4.78 is 30.8. The van der Waals surface area contributed by atoms with Gasteiger partial charge in [0.25, 0.3) is 5.92 Å². The second kappa shape index (κ2) is 3.08. The number of hydrogen-bond acceptors (Lipinski definition) is 2. The highest BCUT2D eigenvalue weighted by Gasteiger charge is 2.57. The Morgan fingerprint density at radius 2 is 2.36 bits per heavy atom. The summed E-state index contributed by atoms with van der Waals surface area (Å²) in [4.78, 5) is 10.4. The fraction of sp³-hybridized carbons (Fsp3) is 0.800. The Morgan fingerprint density at radius 1 is 1.82 bits per heavy atom. The Balaban J connectivity index is 2.11. The molecule has 0 heterocycles. The summed E-state index contributed by atoms with van der Waals surface area (Å²) in [5.41, 5.74) is 0. The molecule has 3 nitrogen and oxygen atoms in total. The van der Waals surface area contributed by atoms with Crippen LogP contribution >= 0.6 is 22.9 Å². The summed E-state index contributed by atoms with van der Waals surface area (Å²) in [5.74, 6) is -3.37. The monoisotopic (exact) mass is 277 g/mol. The molecule has 0 saturated heterocycles. The minimum absolute atomic E-state index is 0.165. The van der Waals surface area contributed by atoms with Crippen LogP contribution in [0, 0.1) is 5.92 Å². The first-order valence-corrected chi connectivity index (χ1v) is 4.05. The lowest BCUT2D eigenvalue weighted by molar-refractivity contribution is 0.0743. The fourth-order valence-electron chi connectivity index (χ4n) is 0.654. The minimum Gasteiger partial charge on any atom is -0.449 e. The van der Waals surface area contributed by atoms with E-state index in [1.54, 1.807) is 22.9 Å². The van der Waals surface area contributed by atoms with Crippen molar-refractivity contribution < 1.29 is 18.3 Å². The van der Waals surface area contributed by atoms with Crippen LogP contribution in [0.2, 0.25) is 0 Å². The number of rotatable bonds is 2. The van der Waals surface area contributed by atoms with E-state index in [0.717, 1.165) is 0 Å². The van der Waals surface area contributed by atoms with Gasteiger partial charge in [0.05, 0.1) is 28.8 Å². The van der Waals surface area contributed by atoms with Gasteiger partial charge in [0.1, 0.15) is 6.61 Å². The Bertz CT molecular complexity index is 176. The molecule has 0 radical (unpaired) electrons. The first-order chi connectivity index (χ1) is 5.06. The fourth-order valence-corrected chi connectivity index (χ4v) is 0.810. The molecular weight excluding hydrogens is 271 g/mol. The van der Waals surface area contributed by atoms with Crippen molar-refractivity contribution in [1.82, 2.24) is 3.53 Å². The highest BCUT2D eigenvalue weighted by Crippen LogP contribution is 2.48. The molecule has 0 aromatic heterocycles. The van der Waals surface area contributed by atoms with Crippen LogP contribution in [0.5, 0.6) is 0 Å². The van der Waals surface area contributed by atoms with Crippen molar-refractivity contribution in [3.63, 3.8) is 0 Å². The van der Waals surface area contributed by atoms with Gasteiger partial charge in [-0.15, -0.1) is 0 Å². The van der Waals surface area contributed by atoms with E-state index in [1.807, 2.05) is 0 Å². The predicted molar refractivity (Wildman–Crippen MR) is 41.6 cm³/mol. The Labute approximate surface area is 76.0 Å². The van der Waals surface area contributed by atoms with Gasteiger partial charge >= 0.3 is 6.09 Å². The van der Waals surface area contributed by atoms with Gasteiger partial charge in [0.2, 0.25) is 0 Å². The van der Waals surface area contributed by atoms with Gasteiger partial charge in [-0.2, -0.15) is 0 Å². The van der Waals surface area contributed by atoms with Gasteiger partial charge in [-0.1, -0.05) is 0 Å². The van der Waals surface area contributed by atoms with Crippen LogP contribution in [-0.4, -0.2) is 18.6 Å². The number of nitrogens with one attached hydrogen (secondary N) is 1. The Hall–Kier alpha value is -0.140. The molecule has 1 N–H and O–H groups in total. The zero-order valence-electron chi connectivity index (χ0n) is 5.44. The molecule has 1 saturated carbocycles. The third-order valence-corrected chi connectivity index (χ3v) is 1.89. The molecule has 0 spiro atoms. The first kappa shape index (κ1) is 8.95. The summed E-state index contributed by atoms with van der Waals surface area (Å²) in [6, 6.07) is 0. The third-order valence-electron chi connectivity index (χ3n) is 1.45. The lowest BCUT2D eigenvalue weighted by atomic mass is 10.4. The average Bonchev–Trinajstić information content (AvgIpc) is 2.54. The molecule has 0 bridgehead atoms. The van der Waals surface area contributed by atoms with E-state index in [0.29, 0.717) is 0 Å². The number of carbonyl (C=O) groups excluding carboxylic acids is 1. The minimum atomic E-state index is -2.61. The van der Waals surface area contributed by atoms with Crippen molar-refractivity contribution in [3.8, 4) is 0 Å². The van der Waals surface area contributed by atoms with Crippen LogP contribution in [0.1, 0.15) is 6.42 Å². The quantitative estimate of drug-likeness (QED) is 0.616. The Morgan fingerprint density at radius 3 is 2.73 bits per heavy atom. The largest absolute Gasteiger partial charge is 0.449 e. The van der Waals surface area contributed by atoms with E-state index < -0.39 is 17.9 Å². The van der Waals surface area contributed by atoms with E-state index in [4.69, 9.17) is 0 Å². The number of hydrogen-bond donors (Lipinski definition) is 1. The maximum absolute atomic E-state index is 12.1. The second-order valence-corrected chi connectivity index (χ2v) is 2.89. The molecule has 0 aromatic rings. The maximum atomic E-state index is 12.1. The second-order valence-electron chi connectivity index (χ2n) is 2.36. The smallest absolute Gasteiger partial charge is 0.415 e. The number of carbonyl (C=O) groups is 1. The standard InChI is InChI=1S/C5H6F2INO2/c6-5(7)1-3(5)2-11-4(10)9-8/h3H,1-2H2,(H,9,10). The first-order valence-electron chi connectivity index (χ1n) is 2.97. The van der Waals surface area contributed by atoms with Gasteiger partial charge in [-0.25, -0.2) is 13.6 Å². The zero-order valence-corrected chi connectivity index (χ0v) is 7.60. The van der Waals surface area contributed by atoms with Crippen molar-refractivity contribution in [2.75, 3.05) is 6.61 Å². The van der Waals surface area contributed by atoms with Gasteiger partial charge in [0, 0.05) is 6.42 Å². The lowest BCUT2D eigenvalue weighted by Crippen LogP contribution is -2.16.